The van der Waals surface area contributed by atoms with Crippen LogP contribution in [-0.2, 0) is 21.4 Å². The summed E-state index contributed by atoms with van der Waals surface area (Å²) in [7, 11) is -3.48. The number of aromatic nitrogens is 1. The molecule has 32 heavy (non-hydrogen) atoms. The Kier molecular flexibility index (Phi) is 6.94. The van der Waals surface area contributed by atoms with Gasteiger partial charge in [0.1, 0.15) is 9.96 Å². The van der Waals surface area contributed by atoms with Crippen molar-refractivity contribution in [2.24, 2.45) is 10.9 Å². The van der Waals surface area contributed by atoms with Crippen LogP contribution in [0, 0.1) is 5.92 Å². The van der Waals surface area contributed by atoms with Crippen LogP contribution in [0.4, 0.5) is 0 Å². The highest BCUT2D eigenvalue weighted by Crippen LogP contribution is 2.27. The molecule has 3 aromatic rings. The average molecular weight is 492 g/mol. The molecule has 0 unspecified atom stereocenters. The van der Waals surface area contributed by atoms with Crippen LogP contribution in [0.2, 0.25) is 0 Å². The van der Waals surface area contributed by atoms with E-state index in [-0.39, 0.29) is 11.8 Å². The Labute approximate surface area is 195 Å². The lowest BCUT2D eigenvalue weighted by Crippen LogP contribution is -2.40. The Bertz CT molecular complexity index is 1280. The predicted octanol–water partition coefficient (Wildman–Crippen LogP) is 3.88. The van der Waals surface area contributed by atoms with Crippen LogP contribution < -0.4 is 9.54 Å². The van der Waals surface area contributed by atoms with Crippen LogP contribution in [0.3, 0.4) is 0 Å². The fourth-order valence-electron chi connectivity index (χ4n) is 3.77. The van der Waals surface area contributed by atoms with Gasteiger partial charge in [-0.1, -0.05) is 23.5 Å². The summed E-state index contributed by atoms with van der Waals surface area (Å²) in [5, 5.41) is 1.75. The Morgan fingerprint density at radius 2 is 2.09 bits per heavy atom. The number of thiophene rings is 1. The molecule has 1 saturated heterocycles. The molecule has 0 atom stereocenters. The van der Waals surface area contributed by atoms with Crippen molar-refractivity contribution >= 4 is 48.8 Å². The zero-order valence-electron chi connectivity index (χ0n) is 17.8. The van der Waals surface area contributed by atoms with Gasteiger partial charge in [-0.05, 0) is 49.4 Å². The van der Waals surface area contributed by atoms with E-state index >= 15 is 0 Å². The summed E-state index contributed by atoms with van der Waals surface area (Å²) in [5.41, 5.74) is 0.974. The number of benzene rings is 1. The van der Waals surface area contributed by atoms with Crippen LogP contribution >= 0.6 is 22.7 Å². The minimum Gasteiger partial charge on any atom is -0.494 e. The predicted molar refractivity (Wildman–Crippen MR) is 128 cm³/mol. The van der Waals surface area contributed by atoms with Crippen molar-refractivity contribution in [3.8, 4) is 5.75 Å². The van der Waals surface area contributed by atoms with Gasteiger partial charge in [0.15, 0.2) is 4.80 Å². The first-order valence-electron chi connectivity index (χ1n) is 10.4. The summed E-state index contributed by atoms with van der Waals surface area (Å²) in [5.74, 6) is 0.294. The summed E-state index contributed by atoms with van der Waals surface area (Å²) in [4.78, 5) is 18.0. The van der Waals surface area contributed by atoms with Crippen molar-refractivity contribution in [3.63, 3.8) is 0 Å². The number of nitrogens with zero attached hydrogens (tertiary/aromatic N) is 3. The third-order valence-electron chi connectivity index (χ3n) is 5.38. The van der Waals surface area contributed by atoms with Gasteiger partial charge in [0.05, 0.1) is 16.8 Å². The largest absolute Gasteiger partial charge is 0.494 e. The molecule has 0 saturated carbocycles. The van der Waals surface area contributed by atoms with Gasteiger partial charge < -0.3 is 9.30 Å². The topological polar surface area (TPSA) is 81.0 Å². The molecule has 4 rings (SSSR count). The highest BCUT2D eigenvalue weighted by molar-refractivity contribution is 7.91. The second-order valence-corrected chi connectivity index (χ2v) is 11.5. The molecular formula is C22H25N3O4S3. The molecule has 0 N–H and O–H groups in total. The number of carbonyl (C=O) groups excluding carboxylic acids is 1. The number of sulfonamides is 1. The number of ether oxygens (including phenoxy) is 1. The van der Waals surface area contributed by atoms with Crippen LogP contribution in [-0.4, -0.2) is 42.9 Å². The number of rotatable bonds is 7. The minimum absolute atomic E-state index is 0.201. The van der Waals surface area contributed by atoms with Crippen LogP contribution in [0.1, 0.15) is 19.8 Å². The van der Waals surface area contributed by atoms with E-state index in [1.54, 1.807) is 23.6 Å². The molecule has 170 valence electrons. The number of fused-ring (bicyclic) bond motifs is 1. The lowest BCUT2D eigenvalue weighted by molar-refractivity contribution is -0.122. The minimum atomic E-state index is -3.48. The van der Waals surface area contributed by atoms with Crippen LogP contribution in [0.5, 0.6) is 5.75 Å². The van der Waals surface area contributed by atoms with E-state index in [2.05, 4.69) is 11.6 Å². The summed E-state index contributed by atoms with van der Waals surface area (Å²) >= 11 is 2.65. The maximum atomic E-state index is 13.0. The van der Waals surface area contributed by atoms with E-state index in [1.165, 1.54) is 27.0 Å². The highest BCUT2D eigenvalue weighted by Gasteiger charge is 2.32. The Balaban J connectivity index is 1.55. The maximum Gasteiger partial charge on any atom is 0.252 e. The lowest BCUT2D eigenvalue weighted by atomic mass is 9.98. The summed E-state index contributed by atoms with van der Waals surface area (Å²) in [6.07, 6.45) is 2.71. The zero-order valence-corrected chi connectivity index (χ0v) is 20.2. The summed E-state index contributed by atoms with van der Waals surface area (Å²) in [6, 6.07) is 9.18. The van der Waals surface area contributed by atoms with Crippen molar-refractivity contribution in [2.45, 2.75) is 30.5 Å². The first-order valence-corrected chi connectivity index (χ1v) is 13.6. The standard InChI is InChI=1S/C22H25N3O4S3/c1-3-11-25-18-8-7-17(29-4-2)15-19(18)31-22(25)23-21(26)16-9-12-24(13-10-16)32(27,28)20-6-5-14-30-20/h3,5-8,14-16H,1,4,9-13H2,2H3. The maximum absolute atomic E-state index is 13.0. The third kappa shape index (κ3) is 4.59. The molecule has 1 aromatic carbocycles. The molecule has 1 fully saturated rings. The fraction of sp³-hybridized carbons (Fsp3) is 0.364. The number of thiazole rings is 1. The van der Waals surface area contributed by atoms with Crippen molar-refractivity contribution < 1.29 is 17.9 Å². The van der Waals surface area contributed by atoms with E-state index in [4.69, 9.17) is 4.74 Å². The number of allylic oxidation sites excluding steroid dienone is 1. The lowest BCUT2D eigenvalue weighted by Gasteiger charge is -2.29. The third-order valence-corrected chi connectivity index (χ3v) is 9.69. The van der Waals surface area contributed by atoms with E-state index in [0.717, 1.165) is 16.0 Å². The zero-order chi connectivity index (χ0) is 22.7. The fourth-order valence-corrected chi connectivity index (χ4v) is 7.45. The van der Waals surface area contributed by atoms with Gasteiger partial charge in [-0.25, -0.2) is 8.42 Å². The van der Waals surface area contributed by atoms with E-state index in [9.17, 15) is 13.2 Å². The molecule has 0 aliphatic carbocycles. The molecule has 10 heteroatoms. The number of hydrogen-bond acceptors (Lipinski definition) is 6. The Morgan fingerprint density at radius 3 is 2.75 bits per heavy atom. The average Bonchev–Trinajstić information content (AvgIpc) is 3.44. The van der Waals surface area contributed by atoms with E-state index < -0.39 is 10.0 Å². The van der Waals surface area contributed by atoms with Crippen LogP contribution in [0.25, 0.3) is 10.2 Å². The Morgan fingerprint density at radius 1 is 1.31 bits per heavy atom. The van der Waals surface area contributed by atoms with E-state index in [0.29, 0.717) is 48.1 Å². The molecular weight excluding hydrogens is 466 g/mol. The summed E-state index contributed by atoms with van der Waals surface area (Å²) < 4.78 is 35.8. The van der Waals surface area contributed by atoms with Gasteiger partial charge in [-0.15, -0.1) is 17.9 Å². The molecule has 1 aliphatic heterocycles. The molecule has 0 bridgehead atoms. The number of amides is 1. The van der Waals surface area contributed by atoms with Crippen LogP contribution in [0.15, 0.2) is 57.6 Å². The second kappa shape index (κ2) is 9.70. The normalized spacial score (nSPS) is 16.5. The van der Waals surface area contributed by atoms with Crippen molar-refractivity contribution in [2.75, 3.05) is 19.7 Å². The number of hydrogen-bond donors (Lipinski definition) is 0. The highest BCUT2D eigenvalue weighted by atomic mass is 32.2. The second-order valence-electron chi connectivity index (χ2n) is 7.41. The van der Waals surface area contributed by atoms with Gasteiger partial charge in [0.25, 0.3) is 15.9 Å². The van der Waals surface area contributed by atoms with E-state index in [1.807, 2.05) is 29.7 Å². The summed E-state index contributed by atoms with van der Waals surface area (Å²) in [6.45, 7) is 7.53. The van der Waals surface area contributed by atoms with Crippen molar-refractivity contribution in [1.29, 1.82) is 0 Å². The molecule has 2 aromatic heterocycles. The molecule has 1 aliphatic rings. The first kappa shape index (κ1) is 22.9. The molecule has 0 spiro atoms. The van der Waals surface area contributed by atoms with Crippen molar-refractivity contribution in [3.05, 3.63) is 53.2 Å². The molecule has 3 heterocycles. The SMILES string of the molecule is C=CCn1c(=NC(=O)C2CCN(S(=O)(=O)c3cccs3)CC2)sc2cc(OCC)ccc21. The smallest absolute Gasteiger partial charge is 0.252 e. The monoisotopic (exact) mass is 491 g/mol. The van der Waals surface area contributed by atoms with Gasteiger partial charge in [-0.3, -0.25) is 4.79 Å². The van der Waals surface area contributed by atoms with Gasteiger partial charge in [0, 0.05) is 25.6 Å². The van der Waals surface area contributed by atoms with Gasteiger partial charge in [0.2, 0.25) is 0 Å². The number of carbonyl (C=O) groups is 1. The quantitative estimate of drug-likeness (QED) is 0.470. The first-order chi connectivity index (χ1) is 15.4. The molecule has 0 radical (unpaired) electrons. The van der Waals surface area contributed by atoms with Gasteiger partial charge in [-0.2, -0.15) is 9.30 Å². The molecule has 7 nitrogen and oxygen atoms in total. The Hall–Kier alpha value is -2.27. The number of piperidine rings is 1. The van der Waals surface area contributed by atoms with Crippen molar-refractivity contribution in [1.82, 2.24) is 8.87 Å². The molecule has 1 amide bonds. The van der Waals surface area contributed by atoms with Gasteiger partial charge >= 0.3 is 0 Å².